The van der Waals surface area contributed by atoms with Crippen molar-refractivity contribution in [2.24, 2.45) is 5.41 Å². The lowest BCUT2D eigenvalue weighted by atomic mass is 9.92. The molecule has 2 amide bonds. The summed E-state index contributed by atoms with van der Waals surface area (Å²) in [5, 5.41) is 0.533. The van der Waals surface area contributed by atoms with Gasteiger partial charge in [-0.15, -0.1) is 0 Å². The Balaban J connectivity index is 2.14. The van der Waals surface area contributed by atoms with Crippen LogP contribution in [0.1, 0.15) is 30.6 Å². The van der Waals surface area contributed by atoms with Crippen molar-refractivity contribution in [3.8, 4) is 0 Å². The summed E-state index contributed by atoms with van der Waals surface area (Å²) in [6.45, 7) is 3.21. The van der Waals surface area contributed by atoms with E-state index < -0.39 is 5.41 Å². The van der Waals surface area contributed by atoms with E-state index in [1.807, 2.05) is 0 Å². The molecule has 0 aliphatic carbocycles. The number of benzene rings is 1. The third-order valence-corrected chi connectivity index (χ3v) is 3.44. The zero-order valence-electron chi connectivity index (χ0n) is 10.8. The molecule has 100 valence electrons. The lowest BCUT2D eigenvalue weighted by molar-refractivity contribution is -0.140. The molecular formula is C14H14ClNO3. The molecule has 0 N–H and O–H groups in total. The number of imide groups is 1. The molecule has 1 aromatic carbocycles. The Morgan fingerprint density at radius 3 is 2.32 bits per heavy atom. The van der Waals surface area contributed by atoms with E-state index in [2.05, 4.69) is 0 Å². The number of carbonyl (C=O) groups is 3. The van der Waals surface area contributed by atoms with Crippen LogP contribution in [0.3, 0.4) is 0 Å². The van der Waals surface area contributed by atoms with E-state index in [4.69, 9.17) is 11.6 Å². The smallest absolute Gasteiger partial charge is 0.235 e. The molecule has 5 heteroatoms. The van der Waals surface area contributed by atoms with Crippen molar-refractivity contribution >= 4 is 29.2 Å². The van der Waals surface area contributed by atoms with Gasteiger partial charge in [-0.2, -0.15) is 0 Å². The maximum atomic E-state index is 12.0. The van der Waals surface area contributed by atoms with Crippen molar-refractivity contribution in [3.63, 3.8) is 0 Å². The summed E-state index contributed by atoms with van der Waals surface area (Å²) in [4.78, 5) is 36.8. The molecule has 1 fully saturated rings. The number of hydrogen-bond donors (Lipinski definition) is 0. The topological polar surface area (TPSA) is 54.5 Å². The molecule has 19 heavy (non-hydrogen) atoms. The fraction of sp³-hybridized carbons (Fsp3) is 0.357. The first-order valence-corrected chi connectivity index (χ1v) is 6.32. The van der Waals surface area contributed by atoms with Gasteiger partial charge in [0.15, 0.2) is 5.78 Å². The summed E-state index contributed by atoms with van der Waals surface area (Å²) in [5.74, 6) is -0.854. The maximum Gasteiger partial charge on any atom is 0.235 e. The zero-order valence-corrected chi connectivity index (χ0v) is 11.5. The van der Waals surface area contributed by atoms with E-state index in [0.29, 0.717) is 10.6 Å². The van der Waals surface area contributed by atoms with Crippen LogP contribution in [0.5, 0.6) is 0 Å². The summed E-state index contributed by atoms with van der Waals surface area (Å²) in [6.07, 6.45) is 0.153. The SMILES string of the molecule is CC1(C)CC(=O)N(CC(=O)c2ccc(Cl)cc2)C1=O. The molecule has 0 unspecified atom stereocenters. The number of halogens is 1. The van der Waals surface area contributed by atoms with E-state index in [1.165, 1.54) is 0 Å². The van der Waals surface area contributed by atoms with Gasteiger partial charge in [0.1, 0.15) is 0 Å². The second kappa shape index (κ2) is 4.78. The van der Waals surface area contributed by atoms with Crippen molar-refractivity contribution < 1.29 is 14.4 Å². The number of carbonyl (C=O) groups excluding carboxylic acids is 3. The molecule has 0 atom stereocenters. The number of likely N-dealkylation sites (tertiary alicyclic amines) is 1. The van der Waals surface area contributed by atoms with Gasteiger partial charge in [0.05, 0.1) is 12.0 Å². The predicted molar refractivity (Wildman–Crippen MR) is 70.9 cm³/mol. The van der Waals surface area contributed by atoms with Crippen molar-refractivity contribution in [2.45, 2.75) is 20.3 Å². The van der Waals surface area contributed by atoms with Crippen molar-refractivity contribution in [2.75, 3.05) is 6.54 Å². The Bertz CT molecular complexity index is 548. The molecule has 1 saturated heterocycles. The van der Waals surface area contributed by atoms with E-state index in [0.717, 1.165) is 4.90 Å². The molecule has 4 nitrogen and oxygen atoms in total. The number of ketones is 1. The van der Waals surface area contributed by atoms with Gasteiger partial charge in [-0.25, -0.2) is 0 Å². The first-order valence-electron chi connectivity index (χ1n) is 5.95. The third-order valence-electron chi connectivity index (χ3n) is 3.19. The monoisotopic (exact) mass is 279 g/mol. The van der Waals surface area contributed by atoms with Crippen LogP contribution in [0.4, 0.5) is 0 Å². The number of nitrogens with zero attached hydrogens (tertiary/aromatic N) is 1. The minimum Gasteiger partial charge on any atom is -0.292 e. The van der Waals surface area contributed by atoms with E-state index >= 15 is 0 Å². The first-order chi connectivity index (χ1) is 8.81. The summed E-state index contributed by atoms with van der Waals surface area (Å²) in [7, 11) is 0. The maximum absolute atomic E-state index is 12.0. The zero-order chi connectivity index (χ0) is 14.2. The van der Waals surface area contributed by atoms with Gasteiger partial charge in [-0.3, -0.25) is 19.3 Å². The number of rotatable bonds is 3. The van der Waals surface area contributed by atoms with E-state index in [-0.39, 0.29) is 30.6 Å². The first kappa shape index (κ1) is 13.7. The average molecular weight is 280 g/mol. The molecule has 1 aromatic rings. The molecule has 0 spiro atoms. The average Bonchev–Trinajstić information content (AvgIpc) is 2.52. The largest absolute Gasteiger partial charge is 0.292 e. The third kappa shape index (κ3) is 2.68. The summed E-state index contributed by atoms with van der Waals surface area (Å²) < 4.78 is 0. The van der Waals surface area contributed by atoms with Gasteiger partial charge >= 0.3 is 0 Å². The normalized spacial score (nSPS) is 17.9. The second-order valence-corrected chi connectivity index (χ2v) is 5.71. The quantitative estimate of drug-likeness (QED) is 0.630. The number of Topliss-reactive ketones (excluding diaryl/α,β-unsaturated/α-hetero) is 1. The van der Waals surface area contributed by atoms with E-state index in [9.17, 15) is 14.4 Å². The van der Waals surface area contributed by atoms with Crippen molar-refractivity contribution in [1.29, 1.82) is 0 Å². The lowest BCUT2D eigenvalue weighted by Gasteiger charge is -2.17. The fourth-order valence-corrected chi connectivity index (χ4v) is 2.18. The highest BCUT2D eigenvalue weighted by molar-refractivity contribution is 6.30. The minimum absolute atomic E-state index is 0.153. The second-order valence-electron chi connectivity index (χ2n) is 5.28. The van der Waals surface area contributed by atoms with Gasteiger partial charge in [0.25, 0.3) is 0 Å². The predicted octanol–water partition coefficient (Wildman–Crippen LogP) is 2.31. The summed E-state index contributed by atoms with van der Waals surface area (Å²) in [6, 6.07) is 6.38. The van der Waals surface area contributed by atoms with Crippen LogP contribution in [0.25, 0.3) is 0 Å². The molecule has 0 radical (unpaired) electrons. The van der Waals surface area contributed by atoms with Crippen LogP contribution in [0.15, 0.2) is 24.3 Å². The molecule has 0 aromatic heterocycles. The van der Waals surface area contributed by atoms with Crippen LogP contribution in [-0.4, -0.2) is 29.0 Å². The fourth-order valence-electron chi connectivity index (χ4n) is 2.06. The molecular weight excluding hydrogens is 266 g/mol. The Kier molecular flexibility index (Phi) is 3.45. The highest BCUT2D eigenvalue weighted by Crippen LogP contribution is 2.31. The molecule has 1 aliphatic heterocycles. The van der Waals surface area contributed by atoms with Crippen LogP contribution >= 0.6 is 11.6 Å². The van der Waals surface area contributed by atoms with Gasteiger partial charge in [-0.1, -0.05) is 25.4 Å². The summed E-state index contributed by atoms with van der Waals surface area (Å²) in [5.41, 5.74) is -0.271. The standard InChI is InChI=1S/C14H14ClNO3/c1-14(2)7-12(18)16(13(14)19)8-11(17)9-3-5-10(15)6-4-9/h3-6H,7-8H2,1-2H3. The van der Waals surface area contributed by atoms with Crippen molar-refractivity contribution in [3.05, 3.63) is 34.9 Å². The number of hydrogen-bond acceptors (Lipinski definition) is 3. The van der Waals surface area contributed by atoms with Gasteiger partial charge < -0.3 is 0 Å². The number of amides is 2. The summed E-state index contributed by atoms with van der Waals surface area (Å²) >= 11 is 5.74. The highest BCUT2D eigenvalue weighted by atomic mass is 35.5. The molecule has 0 saturated carbocycles. The molecule has 1 heterocycles. The van der Waals surface area contributed by atoms with Crippen LogP contribution in [0, 0.1) is 5.41 Å². The van der Waals surface area contributed by atoms with Crippen LogP contribution in [0.2, 0.25) is 5.02 Å². The molecule has 0 bridgehead atoms. The Morgan fingerprint density at radius 2 is 1.84 bits per heavy atom. The van der Waals surface area contributed by atoms with Gasteiger partial charge in [0, 0.05) is 17.0 Å². The molecule has 2 rings (SSSR count). The minimum atomic E-state index is -0.711. The van der Waals surface area contributed by atoms with Gasteiger partial charge in [0.2, 0.25) is 11.8 Å². The molecule has 1 aliphatic rings. The van der Waals surface area contributed by atoms with E-state index in [1.54, 1.807) is 38.1 Å². The Morgan fingerprint density at radius 1 is 1.26 bits per heavy atom. The Labute approximate surface area is 116 Å². The van der Waals surface area contributed by atoms with Crippen molar-refractivity contribution in [1.82, 2.24) is 4.90 Å². The lowest BCUT2D eigenvalue weighted by Crippen LogP contribution is -2.37. The van der Waals surface area contributed by atoms with Crippen LogP contribution < -0.4 is 0 Å². The van der Waals surface area contributed by atoms with Crippen LogP contribution in [-0.2, 0) is 9.59 Å². The highest BCUT2D eigenvalue weighted by Gasteiger charge is 2.45. The van der Waals surface area contributed by atoms with Gasteiger partial charge in [-0.05, 0) is 24.3 Å². The Hall–Kier alpha value is -1.68.